The Morgan fingerprint density at radius 3 is 2.35 bits per heavy atom. The smallest absolute Gasteiger partial charge is 0.323 e. The van der Waals surface area contributed by atoms with Crippen LogP contribution in [0, 0.1) is 5.92 Å². The van der Waals surface area contributed by atoms with E-state index in [1.807, 2.05) is 13.8 Å². The maximum atomic E-state index is 12.3. The zero-order chi connectivity index (χ0) is 15.1. The summed E-state index contributed by atoms with van der Waals surface area (Å²) in [5.74, 6) is -0.711. The third kappa shape index (κ3) is 5.77. The van der Waals surface area contributed by atoms with E-state index in [1.54, 1.807) is 11.9 Å². The highest BCUT2D eigenvalue weighted by Gasteiger charge is 2.22. The largest absolute Gasteiger partial charge is 0.480 e. The molecule has 0 aliphatic carbocycles. The summed E-state index contributed by atoms with van der Waals surface area (Å²) in [6, 6.07) is -0.194. The van der Waals surface area contributed by atoms with Crippen molar-refractivity contribution in [1.82, 2.24) is 14.7 Å². The summed E-state index contributed by atoms with van der Waals surface area (Å²) in [6.45, 7) is 7.92. The SMILES string of the molecule is CC(C)CN(CC(=O)O)C(=O)N(C)CCN1CCCC1. The summed E-state index contributed by atoms with van der Waals surface area (Å²) in [5, 5.41) is 8.91. The Labute approximate surface area is 121 Å². The van der Waals surface area contributed by atoms with Gasteiger partial charge in [-0.2, -0.15) is 0 Å². The highest BCUT2D eigenvalue weighted by molar-refractivity contribution is 5.80. The fraction of sp³-hybridized carbons (Fsp3) is 0.857. The topological polar surface area (TPSA) is 64.1 Å². The lowest BCUT2D eigenvalue weighted by Crippen LogP contribution is -2.47. The van der Waals surface area contributed by atoms with Crippen molar-refractivity contribution in [2.24, 2.45) is 5.92 Å². The molecule has 6 heteroatoms. The number of amides is 2. The lowest BCUT2D eigenvalue weighted by molar-refractivity contribution is -0.137. The second kappa shape index (κ2) is 8.09. The van der Waals surface area contributed by atoms with Gasteiger partial charge in [-0.15, -0.1) is 0 Å². The van der Waals surface area contributed by atoms with Crippen LogP contribution in [0.1, 0.15) is 26.7 Å². The van der Waals surface area contributed by atoms with Crippen LogP contribution in [0.25, 0.3) is 0 Å². The molecule has 116 valence electrons. The van der Waals surface area contributed by atoms with Crippen molar-refractivity contribution >= 4 is 12.0 Å². The van der Waals surface area contributed by atoms with Crippen LogP contribution in [0.3, 0.4) is 0 Å². The lowest BCUT2D eigenvalue weighted by atomic mass is 10.2. The molecule has 0 atom stereocenters. The number of carboxylic acid groups (broad SMARTS) is 1. The van der Waals surface area contributed by atoms with Gasteiger partial charge >= 0.3 is 12.0 Å². The molecule has 0 radical (unpaired) electrons. The highest BCUT2D eigenvalue weighted by Crippen LogP contribution is 2.08. The second-order valence-corrected chi connectivity index (χ2v) is 5.92. The number of carbonyl (C=O) groups excluding carboxylic acids is 1. The molecule has 0 spiro atoms. The number of likely N-dealkylation sites (N-methyl/N-ethyl adjacent to an activating group) is 1. The van der Waals surface area contributed by atoms with Crippen LogP contribution in [0.4, 0.5) is 4.79 Å². The standard InChI is InChI=1S/C14H27N3O3/c1-12(2)10-17(11-13(18)19)14(20)15(3)8-9-16-6-4-5-7-16/h12H,4-11H2,1-3H3,(H,18,19). The van der Waals surface area contributed by atoms with Gasteiger partial charge in [0, 0.05) is 26.7 Å². The molecule has 1 heterocycles. The number of rotatable bonds is 7. The maximum absolute atomic E-state index is 12.3. The van der Waals surface area contributed by atoms with Crippen molar-refractivity contribution in [2.75, 3.05) is 46.3 Å². The van der Waals surface area contributed by atoms with Crippen molar-refractivity contribution in [2.45, 2.75) is 26.7 Å². The number of likely N-dealkylation sites (tertiary alicyclic amines) is 1. The molecule has 0 bridgehead atoms. The number of hydrogen-bond acceptors (Lipinski definition) is 3. The number of nitrogens with zero attached hydrogens (tertiary/aromatic N) is 3. The molecular formula is C14H27N3O3. The molecule has 1 N–H and O–H groups in total. The number of urea groups is 1. The normalized spacial score (nSPS) is 15.6. The molecule has 1 aliphatic heterocycles. The predicted octanol–water partition coefficient (Wildman–Crippen LogP) is 1.18. The predicted molar refractivity (Wildman–Crippen MR) is 77.7 cm³/mol. The van der Waals surface area contributed by atoms with E-state index in [4.69, 9.17) is 5.11 Å². The van der Waals surface area contributed by atoms with E-state index < -0.39 is 5.97 Å². The Kier molecular flexibility index (Phi) is 6.78. The Bertz CT molecular complexity index is 328. The van der Waals surface area contributed by atoms with Gasteiger partial charge < -0.3 is 19.8 Å². The molecular weight excluding hydrogens is 258 g/mol. The van der Waals surface area contributed by atoms with E-state index >= 15 is 0 Å². The molecule has 6 nitrogen and oxygen atoms in total. The number of hydrogen-bond donors (Lipinski definition) is 1. The van der Waals surface area contributed by atoms with Gasteiger partial charge in [-0.3, -0.25) is 4.79 Å². The van der Waals surface area contributed by atoms with Gasteiger partial charge in [-0.1, -0.05) is 13.8 Å². The van der Waals surface area contributed by atoms with Gasteiger partial charge in [0.1, 0.15) is 6.54 Å². The van der Waals surface area contributed by atoms with Crippen molar-refractivity contribution in [1.29, 1.82) is 0 Å². The summed E-state index contributed by atoms with van der Waals surface area (Å²) < 4.78 is 0. The summed E-state index contributed by atoms with van der Waals surface area (Å²) in [6.07, 6.45) is 2.46. The van der Waals surface area contributed by atoms with Crippen molar-refractivity contribution < 1.29 is 14.7 Å². The third-order valence-electron chi connectivity index (χ3n) is 3.46. The molecule has 1 saturated heterocycles. The summed E-state index contributed by atoms with van der Waals surface area (Å²) in [4.78, 5) is 28.5. The molecule has 20 heavy (non-hydrogen) atoms. The minimum absolute atomic E-state index is 0.194. The van der Waals surface area contributed by atoms with Crippen molar-refractivity contribution in [3.8, 4) is 0 Å². The van der Waals surface area contributed by atoms with Crippen LogP contribution in [0.5, 0.6) is 0 Å². The Balaban J connectivity index is 2.46. The van der Waals surface area contributed by atoms with Gasteiger partial charge in [-0.05, 0) is 31.8 Å². The fourth-order valence-corrected chi connectivity index (χ4v) is 2.45. The van der Waals surface area contributed by atoms with Crippen LogP contribution in [-0.4, -0.2) is 78.1 Å². The van der Waals surface area contributed by atoms with E-state index in [0.717, 1.165) is 19.6 Å². The van der Waals surface area contributed by atoms with Crippen LogP contribution >= 0.6 is 0 Å². The van der Waals surface area contributed by atoms with Crippen LogP contribution in [0.2, 0.25) is 0 Å². The molecule has 0 aromatic carbocycles. The van der Waals surface area contributed by atoms with E-state index in [0.29, 0.717) is 13.1 Å². The minimum Gasteiger partial charge on any atom is -0.480 e. The van der Waals surface area contributed by atoms with E-state index in [9.17, 15) is 9.59 Å². The molecule has 0 unspecified atom stereocenters. The third-order valence-corrected chi connectivity index (χ3v) is 3.46. The number of aliphatic carboxylic acids is 1. The molecule has 0 aromatic rings. The van der Waals surface area contributed by atoms with Crippen molar-refractivity contribution in [3.63, 3.8) is 0 Å². The summed E-state index contributed by atoms with van der Waals surface area (Å²) >= 11 is 0. The van der Waals surface area contributed by atoms with E-state index in [2.05, 4.69) is 4.90 Å². The quantitative estimate of drug-likeness (QED) is 0.763. The van der Waals surface area contributed by atoms with Gasteiger partial charge in [-0.25, -0.2) is 4.79 Å². The van der Waals surface area contributed by atoms with Crippen LogP contribution in [-0.2, 0) is 4.79 Å². The molecule has 0 aromatic heterocycles. The Morgan fingerprint density at radius 1 is 1.25 bits per heavy atom. The Morgan fingerprint density at radius 2 is 1.85 bits per heavy atom. The first-order chi connectivity index (χ1) is 9.40. The molecule has 1 fully saturated rings. The van der Waals surface area contributed by atoms with E-state index in [-0.39, 0.29) is 18.5 Å². The maximum Gasteiger partial charge on any atom is 0.323 e. The molecule has 2 amide bonds. The lowest BCUT2D eigenvalue weighted by Gasteiger charge is -2.29. The van der Waals surface area contributed by atoms with Gasteiger partial charge in [0.2, 0.25) is 0 Å². The summed E-state index contributed by atoms with van der Waals surface area (Å²) in [7, 11) is 1.74. The zero-order valence-corrected chi connectivity index (χ0v) is 12.8. The van der Waals surface area contributed by atoms with E-state index in [1.165, 1.54) is 17.7 Å². The van der Waals surface area contributed by atoms with Gasteiger partial charge in [0.15, 0.2) is 0 Å². The second-order valence-electron chi connectivity index (χ2n) is 5.92. The van der Waals surface area contributed by atoms with Crippen molar-refractivity contribution in [3.05, 3.63) is 0 Å². The zero-order valence-electron chi connectivity index (χ0n) is 12.8. The monoisotopic (exact) mass is 285 g/mol. The first-order valence-electron chi connectivity index (χ1n) is 7.34. The average Bonchev–Trinajstić information content (AvgIpc) is 2.86. The average molecular weight is 285 g/mol. The fourth-order valence-electron chi connectivity index (χ4n) is 2.45. The molecule has 1 aliphatic rings. The number of carboxylic acids is 1. The first kappa shape index (κ1) is 16.8. The number of carbonyl (C=O) groups is 2. The van der Waals surface area contributed by atoms with Crippen LogP contribution in [0.15, 0.2) is 0 Å². The molecule has 0 saturated carbocycles. The highest BCUT2D eigenvalue weighted by atomic mass is 16.4. The van der Waals surface area contributed by atoms with Gasteiger partial charge in [0.05, 0.1) is 0 Å². The minimum atomic E-state index is -0.966. The van der Waals surface area contributed by atoms with Gasteiger partial charge in [0.25, 0.3) is 0 Å². The molecule has 1 rings (SSSR count). The van der Waals surface area contributed by atoms with Crippen LogP contribution < -0.4 is 0 Å². The summed E-state index contributed by atoms with van der Waals surface area (Å²) in [5.41, 5.74) is 0. The first-order valence-corrected chi connectivity index (χ1v) is 7.34. The Hall–Kier alpha value is -1.30.